The number of halogens is 1. The number of nitrogens with zero attached hydrogens (tertiary/aromatic N) is 1. The number of aryl methyl sites for hydroxylation is 1. The Bertz CT molecular complexity index is 1280. The lowest BCUT2D eigenvalue weighted by Crippen LogP contribution is -2.27. The van der Waals surface area contributed by atoms with Gasteiger partial charge in [-0.2, -0.15) is 0 Å². The first-order chi connectivity index (χ1) is 16.5. The monoisotopic (exact) mass is 475 g/mol. The Labute approximate surface area is 202 Å². The average molecular weight is 476 g/mol. The summed E-state index contributed by atoms with van der Waals surface area (Å²) in [5.74, 6) is -0.374. The van der Waals surface area contributed by atoms with E-state index in [1.807, 2.05) is 54.7 Å². The van der Waals surface area contributed by atoms with E-state index in [9.17, 15) is 14.0 Å². The van der Waals surface area contributed by atoms with Crippen LogP contribution in [0.4, 0.5) is 10.1 Å². The molecule has 0 bridgehead atoms. The van der Waals surface area contributed by atoms with Gasteiger partial charge in [0.25, 0.3) is 5.91 Å². The van der Waals surface area contributed by atoms with Gasteiger partial charge in [-0.25, -0.2) is 4.39 Å². The zero-order valence-electron chi connectivity index (χ0n) is 18.9. The van der Waals surface area contributed by atoms with Crippen molar-refractivity contribution < 1.29 is 14.0 Å². The minimum atomic E-state index is -0.372. The fraction of sp³-hybridized carbons (Fsp3) is 0.185. The van der Waals surface area contributed by atoms with E-state index in [2.05, 4.69) is 22.1 Å². The molecule has 5 nitrogen and oxygen atoms in total. The summed E-state index contributed by atoms with van der Waals surface area (Å²) in [6, 6.07) is 21.4. The van der Waals surface area contributed by atoms with Crippen molar-refractivity contribution >= 4 is 40.2 Å². The molecule has 2 N–H and O–H groups in total. The number of nitrogens with one attached hydrogen (secondary N) is 2. The van der Waals surface area contributed by atoms with E-state index >= 15 is 0 Å². The number of anilines is 1. The highest BCUT2D eigenvalue weighted by Gasteiger charge is 2.12. The van der Waals surface area contributed by atoms with Crippen LogP contribution in [0.15, 0.2) is 83.9 Å². The van der Waals surface area contributed by atoms with Crippen molar-refractivity contribution in [1.82, 2.24) is 9.88 Å². The maximum Gasteiger partial charge on any atom is 0.251 e. The van der Waals surface area contributed by atoms with Crippen LogP contribution in [-0.4, -0.2) is 28.7 Å². The second-order valence-corrected chi connectivity index (χ2v) is 8.87. The number of para-hydroxylation sites is 1. The third-order valence-electron chi connectivity index (χ3n) is 5.50. The number of benzene rings is 3. The molecule has 1 aromatic heterocycles. The Morgan fingerprint density at radius 1 is 0.971 bits per heavy atom. The number of carbonyl (C=O) groups is 2. The Balaban J connectivity index is 1.36. The van der Waals surface area contributed by atoms with Crippen LogP contribution >= 0.6 is 11.8 Å². The molecule has 0 spiro atoms. The average Bonchev–Trinajstić information content (AvgIpc) is 3.21. The van der Waals surface area contributed by atoms with Gasteiger partial charge in [-0.05, 0) is 54.4 Å². The molecule has 174 valence electrons. The van der Waals surface area contributed by atoms with E-state index in [4.69, 9.17) is 0 Å². The SMILES string of the molecule is CCc1ccc(NC(=O)CSc2cn(CCNC(=O)c3ccc(F)cc3)c3ccccc23)cc1. The largest absolute Gasteiger partial charge is 0.350 e. The molecule has 0 aliphatic rings. The molecular formula is C27H26FN3O2S. The van der Waals surface area contributed by atoms with Crippen molar-refractivity contribution in [2.24, 2.45) is 0 Å². The van der Waals surface area contributed by atoms with Crippen molar-refractivity contribution in [2.75, 3.05) is 17.6 Å². The molecule has 4 aromatic rings. The molecule has 0 aliphatic heterocycles. The van der Waals surface area contributed by atoms with E-state index in [0.29, 0.717) is 24.4 Å². The van der Waals surface area contributed by atoms with Crippen LogP contribution in [0.1, 0.15) is 22.8 Å². The number of carbonyl (C=O) groups excluding carboxylic acids is 2. The molecule has 0 atom stereocenters. The maximum atomic E-state index is 13.1. The second kappa shape index (κ2) is 11.0. The van der Waals surface area contributed by atoms with Gasteiger partial charge < -0.3 is 15.2 Å². The van der Waals surface area contributed by atoms with E-state index in [0.717, 1.165) is 27.9 Å². The Morgan fingerprint density at radius 3 is 2.44 bits per heavy atom. The normalized spacial score (nSPS) is 10.9. The van der Waals surface area contributed by atoms with E-state index in [-0.39, 0.29) is 17.6 Å². The first kappa shape index (κ1) is 23.6. The van der Waals surface area contributed by atoms with Gasteiger partial charge in [0.2, 0.25) is 5.91 Å². The molecule has 34 heavy (non-hydrogen) atoms. The third kappa shape index (κ3) is 5.85. The van der Waals surface area contributed by atoms with Gasteiger partial charge in [0, 0.05) is 46.3 Å². The van der Waals surface area contributed by atoms with Gasteiger partial charge in [0.15, 0.2) is 0 Å². The number of fused-ring (bicyclic) bond motifs is 1. The molecule has 1 heterocycles. The minimum absolute atomic E-state index is 0.0577. The molecule has 2 amide bonds. The van der Waals surface area contributed by atoms with E-state index in [1.165, 1.54) is 41.6 Å². The molecule has 7 heteroatoms. The molecule has 0 saturated carbocycles. The van der Waals surface area contributed by atoms with Gasteiger partial charge in [-0.3, -0.25) is 9.59 Å². The van der Waals surface area contributed by atoms with Crippen molar-refractivity contribution in [3.63, 3.8) is 0 Å². The summed E-state index contributed by atoms with van der Waals surface area (Å²) >= 11 is 1.49. The standard InChI is InChI=1S/C27H26FN3O2S/c1-2-19-7-13-22(14-8-19)30-26(32)18-34-25-17-31(24-6-4-3-5-23(24)25)16-15-29-27(33)20-9-11-21(28)12-10-20/h3-14,17H,2,15-16,18H2,1H3,(H,29,33)(H,30,32). The predicted octanol–water partition coefficient (Wildman–Crippen LogP) is 5.50. The van der Waals surface area contributed by atoms with E-state index in [1.54, 1.807) is 0 Å². The lowest BCUT2D eigenvalue weighted by Gasteiger charge is -2.07. The summed E-state index contributed by atoms with van der Waals surface area (Å²) in [5.41, 5.74) is 3.48. The van der Waals surface area contributed by atoms with Crippen LogP contribution in [0.25, 0.3) is 10.9 Å². The summed E-state index contributed by atoms with van der Waals surface area (Å²) in [6.45, 7) is 3.09. The number of aromatic nitrogens is 1. The van der Waals surface area contributed by atoms with Crippen molar-refractivity contribution in [3.8, 4) is 0 Å². The van der Waals surface area contributed by atoms with Crippen molar-refractivity contribution in [1.29, 1.82) is 0 Å². The summed E-state index contributed by atoms with van der Waals surface area (Å²) in [7, 11) is 0. The van der Waals surface area contributed by atoms with Crippen LogP contribution in [0.2, 0.25) is 0 Å². The first-order valence-corrected chi connectivity index (χ1v) is 12.2. The van der Waals surface area contributed by atoms with Crippen LogP contribution in [-0.2, 0) is 17.8 Å². The highest BCUT2D eigenvalue weighted by Crippen LogP contribution is 2.30. The second-order valence-electron chi connectivity index (χ2n) is 7.85. The lowest BCUT2D eigenvalue weighted by molar-refractivity contribution is -0.113. The zero-order chi connectivity index (χ0) is 23.9. The highest BCUT2D eigenvalue weighted by atomic mass is 32.2. The molecule has 4 rings (SSSR count). The highest BCUT2D eigenvalue weighted by molar-refractivity contribution is 8.00. The topological polar surface area (TPSA) is 63.1 Å². The Kier molecular flexibility index (Phi) is 7.65. The maximum absolute atomic E-state index is 13.1. The molecule has 0 fully saturated rings. The van der Waals surface area contributed by atoms with Gasteiger partial charge in [-0.1, -0.05) is 37.3 Å². The molecule has 0 aliphatic carbocycles. The van der Waals surface area contributed by atoms with Gasteiger partial charge in [-0.15, -0.1) is 11.8 Å². The first-order valence-electron chi connectivity index (χ1n) is 11.2. The quantitative estimate of drug-likeness (QED) is 0.314. The number of hydrogen-bond donors (Lipinski definition) is 2. The Morgan fingerprint density at radius 2 is 1.71 bits per heavy atom. The fourth-order valence-electron chi connectivity index (χ4n) is 3.67. The van der Waals surface area contributed by atoms with E-state index < -0.39 is 0 Å². The van der Waals surface area contributed by atoms with Gasteiger partial charge in [0.1, 0.15) is 5.82 Å². The van der Waals surface area contributed by atoms with Crippen LogP contribution in [0.3, 0.4) is 0 Å². The van der Waals surface area contributed by atoms with Crippen molar-refractivity contribution in [3.05, 3.63) is 95.9 Å². The zero-order valence-corrected chi connectivity index (χ0v) is 19.7. The molecule has 0 unspecified atom stereocenters. The summed E-state index contributed by atoms with van der Waals surface area (Å²) in [6.07, 6.45) is 2.98. The van der Waals surface area contributed by atoms with Crippen LogP contribution in [0.5, 0.6) is 0 Å². The predicted molar refractivity (Wildman–Crippen MR) is 136 cm³/mol. The number of amides is 2. The summed E-state index contributed by atoms with van der Waals surface area (Å²) < 4.78 is 15.1. The third-order valence-corrected chi connectivity index (χ3v) is 6.54. The molecule has 0 saturated heterocycles. The van der Waals surface area contributed by atoms with Crippen LogP contribution in [0, 0.1) is 5.82 Å². The smallest absolute Gasteiger partial charge is 0.251 e. The molecular weight excluding hydrogens is 449 g/mol. The molecule has 0 radical (unpaired) electrons. The molecule has 3 aromatic carbocycles. The van der Waals surface area contributed by atoms with Gasteiger partial charge in [0.05, 0.1) is 5.75 Å². The number of rotatable bonds is 9. The van der Waals surface area contributed by atoms with Crippen LogP contribution < -0.4 is 10.6 Å². The minimum Gasteiger partial charge on any atom is -0.350 e. The summed E-state index contributed by atoms with van der Waals surface area (Å²) in [4.78, 5) is 25.8. The number of thioether (sulfide) groups is 1. The number of hydrogen-bond acceptors (Lipinski definition) is 3. The van der Waals surface area contributed by atoms with Crippen molar-refractivity contribution in [2.45, 2.75) is 24.8 Å². The summed E-state index contributed by atoms with van der Waals surface area (Å²) in [5, 5.41) is 6.89. The Hall–Kier alpha value is -3.58. The lowest BCUT2D eigenvalue weighted by atomic mass is 10.1. The van der Waals surface area contributed by atoms with Gasteiger partial charge >= 0.3 is 0 Å². The fourth-order valence-corrected chi connectivity index (χ4v) is 4.56.